The average Bonchev–Trinajstić information content (AvgIpc) is 2.86. The Balaban J connectivity index is 1.97. The Hall–Kier alpha value is -2.04. The van der Waals surface area contributed by atoms with Crippen molar-refractivity contribution >= 4 is 46.2 Å². The van der Waals surface area contributed by atoms with Gasteiger partial charge < -0.3 is 0 Å². The molecule has 0 N–H and O–H groups in total. The lowest BCUT2D eigenvalue weighted by molar-refractivity contribution is -0.113. The highest BCUT2D eigenvalue weighted by Gasteiger charge is 2.31. The maximum atomic E-state index is 12.8. The van der Waals surface area contributed by atoms with Crippen molar-refractivity contribution in [3.8, 4) is 0 Å². The number of amides is 1. The van der Waals surface area contributed by atoms with Gasteiger partial charge in [-0.1, -0.05) is 60.6 Å². The number of hydrogen-bond donors (Lipinski definition) is 0. The molecule has 5 heteroatoms. The predicted molar refractivity (Wildman–Crippen MR) is 98.9 cm³/mol. The smallest absolute Gasteiger partial charge is 0.266 e. The molecule has 1 aliphatic heterocycles. The zero-order valence-corrected chi connectivity index (χ0v) is 14.1. The minimum Gasteiger partial charge on any atom is -0.266 e. The molecule has 3 rings (SSSR count). The SMILES string of the molecule is CCSC1=N/C(=C\c2ccc(Cl)cc2)C(=O)N1c1ccccc1. The molecular weight excluding hydrogens is 328 g/mol. The number of carbonyl (C=O) groups is 1. The number of hydrogen-bond acceptors (Lipinski definition) is 3. The van der Waals surface area contributed by atoms with E-state index in [1.807, 2.05) is 49.4 Å². The van der Waals surface area contributed by atoms with Crippen molar-refractivity contribution in [2.75, 3.05) is 10.7 Å². The van der Waals surface area contributed by atoms with Crippen molar-refractivity contribution in [2.45, 2.75) is 6.92 Å². The van der Waals surface area contributed by atoms with E-state index < -0.39 is 0 Å². The fourth-order valence-corrected chi connectivity index (χ4v) is 3.11. The molecule has 0 saturated heterocycles. The van der Waals surface area contributed by atoms with E-state index in [9.17, 15) is 4.79 Å². The van der Waals surface area contributed by atoms with E-state index in [0.29, 0.717) is 15.9 Å². The maximum Gasteiger partial charge on any atom is 0.283 e. The first-order valence-corrected chi connectivity index (χ1v) is 8.63. The minimum absolute atomic E-state index is 0.109. The number of amidine groups is 1. The highest BCUT2D eigenvalue weighted by Crippen LogP contribution is 2.29. The number of rotatable bonds is 3. The molecule has 1 heterocycles. The van der Waals surface area contributed by atoms with Crippen LogP contribution in [-0.2, 0) is 4.79 Å². The van der Waals surface area contributed by atoms with Crippen LogP contribution in [-0.4, -0.2) is 16.8 Å². The molecule has 2 aromatic rings. The number of nitrogens with zero attached hydrogens (tertiary/aromatic N) is 2. The molecule has 0 atom stereocenters. The molecule has 0 unspecified atom stereocenters. The first kappa shape index (κ1) is 15.8. The summed E-state index contributed by atoms with van der Waals surface area (Å²) < 4.78 is 0. The van der Waals surface area contributed by atoms with Gasteiger partial charge in [0.1, 0.15) is 5.70 Å². The van der Waals surface area contributed by atoms with Crippen LogP contribution in [0.15, 0.2) is 65.3 Å². The lowest BCUT2D eigenvalue weighted by Crippen LogP contribution is -2.30. The summed E-state index contributed by atoms with van der Waals surface area (Å²) in [4.78, 5) is 18.9. The Morgan fingerprint density at radius 1 is 1.13 bits per heavy atom. The molecular formula is C18H15ClN2OS. The molecule has 1 aliphatic rings. The van der Waals surface area contributed by atoms with Gasteiger partial charge in [0.15, 0.2) is 5.17 Å². The maximum absolute atomic E-state index is 12.8. The summed E-state index contributed by atoms with van der Waals surface area (Å²) in [7, 11) is 0. The highest BCUT2D eigenvalue weighted by atomic mass is 35.5. The van der Waals surface area contributed by atoms with Crippen LogP contribution < -0.4 is 4.90 Å². The van der Waals surface area contributed by atoms with Gasteiger partial charge in [-0.3, -0.25) is 9.69 Å². The van der Waals surface area contributed by atoms with Crippen LogP contribution in [0.5, 0.6) is 0 Å². The van der Waals surface area contributed by atoms with E-state index >= 15 is 0 Å². The number of para-hydroxylation sites is 1. The lowest BCUT2D eigenvalue weighted by atomic mass is 10.2. The zero-order valence-electron chi connectivity index (χ0n) is 12.6. The molecule has 3 nitrogen and oxygen atoms in total. The first-order valence-electron chi connectivity index (χ1n) is 7.27. The van der Waals surface area contributed by atoms with Gasteiger partial charge in [-0.05, 0) is 41.7 Å². The van der Waals surface area contributed by atoms with E-state index in [-0.39, 0.29) is 5.91 Å². The highest BCUT2D eigenvalue weighted by molar-refractivity contribution is 8.14. The third-order valence-corrected chi connectivity index (χ3v) is 4.36. The molecule has 0 radical (unpaired) electrons. The number of aliphatic imine (C=N–C) groups is 1. The zero-order chi connectivity index (χ0) is 16.2. The summed E-state index contributed by atoms with van der Waals surface area (Å²) in [6.45, 7) is 2.04. The molecule has 0 spiro atoms. The van der Waals surface area contributed by atoms with Crippen molar-refractivity contribution in [3.63, 3.8) is 0 Å². The Morgan fingerprint density at radius 3 is 2.48 bits per heavy atom. The quantitative estimate of drug-likeness (QED) is 0.748. The second-order valence-corrected chi connectivity index (χ2v) is 6.55. The first-order chi connectivity index (χ1) is 11.2. The van der Waals surface area contributed by atoms with E-state index in [0.717, 1.165) is 17.0 Å². The van der Waals surface area contributed by atoms with Crippen LogP contribution >= 0.6 is 23.4 Å². The molecule has 0 aliphatic carbocycles. The van der Waals surface area contributed by atoms with Crippen molar-refractivity contribution in [2.24, 2.45) is 4.99 Å². The Kier molecular flexibility index (Phi) is 4.84. The number of carbonyl (C=O) groups excluding carboxylic acids is 1. The van der Waals surface area contributed by atoms with Crippen LogP contribution in [0.4, 0.5) is 5.69 Å². The minimum atomic E-state index is -0.109. The van der Waals surface area contributed by atoms with Crippen LogP contribution in [0.1, 0.15) is 12.5 Å². The van der Waals surface area contributed by atoms with Gasteiger partial charge in [0, 0.05) is 5.02 Å². The van der Waals surface area contributed by atoms with Crippen molar-refractivity contribution in [3.05, 3.63) is 70.9 Å². The lowest BCUT2D eigenvalue weighted by Gasteiger charge is -2.17. The van der Waals surface area contributed by atoms with E-state index in [1.54, 1.807) is 34.9 Å². The van der Waals surface area contributed by atoms with E-state index in [4.69, 9.17) is 11.6 Å². The Morgan fingerprint density at radius 2 is 1.83 bits per heavy atom. The normalized spacial score (nSPS) is 16.1. The molecule has 0 fully saturated rings. The van der Waals surface area contributed by atoms with Gasteiger partial charge in [-0.25, -0.2) is 4.99 Å². The second-order valence-electron chi connectivity index (χ2n) is 4.88. The van der Waals surface area contributed by atoms with Gasteiger partial charge in [0.2, 0.25) is 0 Å². The van der Waals surface area contributed by atoms with Gasteiger partial charge in [-0.2, -0.15) is 0 Å². The van der Waals surface area contributed by atoms with Crippen LogP contribution in [0.3, 0.4) is 0 Å². The Labute approximate surface area is 144 Å². The molecule has 23 heavy (non-hydrogen) atoms. The number of benzene rings is 2. The molecule has 0 aromatic heterocycles. The monoisotopic (exact) mass is 342 g/mol. The fourth-order valence-electron chi connectivity index (χ4n) is 2.24. The van der Waals surface area contributed by atoms with Gasteiger partial charge in [0.05, 0.1) is 5.69 Å². The fraction of sp³-hybridized carbons (Fsp3) is 0.111. The average molecular weight is 343 g/mol. The van der Waals surface area contributed by atoms with Crippen molar-refractivity contribution in [1.29, 1.82) is 0 Å². The van der Waals surface area contributed by atoms with E-state index in [2.05, 4.69) is 4.99 Å². The van der Waals surface area contributed by atoms with Gasteiger partial charge >= 0.3 is 0 Å². The molecule has 0 saturated carbocycles. The predicted octanol–water partition coefficient (Wildman–Crippen LogP) is 4.84. The molecule has 1 amide bonds. The summed E-state index contributed by atoms with van der Waals surface area (Å²) >= 11 is 7.45. The summed E-state index contributed by atoms with van der Waals surface area (Å²) in [5.74, 6) is 0.742. The van der Waals surface area contributed by atoms with Crippen LogP contribution in [0.2, 0.25) is 5.02 Å². The van der Waals surface area contributed by atoms with Crippen LogP contribution in [0.25, 0.3) is 6.08 Å². The van der Waals surface area contributed by atoms with Gasteiger partial charge in [-0.15, -0.1) is 0 Å². The number of thioether (sulfide) groups is 1. The molecule has 2 aromatic carbocycles. The third-order valence-electron chi connectivity index (χ3n) is 3.29. The van der Waals surface area contributed by atoms with E-state index in [1.165, 1.54) is 0 Å². The largest absolute Gasteiger partial charge is 0.283 e. The number of anilines is 1. The standard InChI is InChI=1S/C18H15ClN2OS/c1-2-23-18-20-16(12-13-8-10-14(19)11-9-13)17(22)21(18)15-6-4-3-5-7-15/h3-12H,2H2,1H3/b16-12-. The van der Waals surface area contributed by atoms with Crippen molar-refractivity contribution in [1.82, 2.24) is 0 Å². The topological polar surface area (TPSA) is 32.7 Å². The molecule has 0 bridgehead atoms. The Bertz CT molecular complexity index is 769. The molecule has 116 valence electrons. The number of halogens is 1. The summed E-state index contributed by atoms with van der Waals surface area (Å²) in [5, 5.41) is 1.38. The van der Waals surface area contributed by atoms with Gasteiger partial charge in [0.25, 0.3) is 5.91 Å². The second kappa shape index (κ2) is 7.02. The summed E-state index contributed by atoms with van der Waals surface area (Å²) in [6.07, 6.45) is 1.79. The van der Waals surface area contributed by atoms with Crippen molar-refractivity contribution < 1.29 is 4.79 Å². The summed E-state index contributed by atoms with van der Waals surface area (Å²) in [5.41, 5.74) is 2.17. The third kappa shape index (κ3) is 3.49. The van der Waals surface area contributed by atoms with Crippen LogP contribution in [0, 0.1) is 0 Å². The summed E-state index contributed by atoms with van der Waals surface area (Å²) in [6, 6.07) is 16.9.